The molecule has 0 aliphatic carbocycles. The molecule has 2 N–H and O–H groups in total. The van der Waals surface area contributed by atoms with Crippen molar-refractivity contribution in [1.29, 1.82) is 0 Å². The lowest BCUT2D eigenvalue weighted by Gasteiger charge is -2.19. The van der Waals surface area contributed by atoms with Crippen molar-refractivity contribution in [1.82, 2.24) is 24.8 Å². The molecular weight excluding hydrogens is 490 g/mol. The van der Waals surface area contributed by atoms with E-state index in [4.69, 9.17) is 9.72 Å². The molecule has 0 fully saturated rings. The van der Waals surface area contributed by atoms with Gasteiger partial charge in [0.1, 0.15) is 5.60 Å². The highest BCUT2D eigenvalue weighted by Crippen LogP contribution is 2.31. The summed E-state index contributed by atoms with van der Waals surface area (Å²) < 4.78 is 9.57. The Morgan fingerprint density at radius 1 is 0.872 bits per heavy atom. The number of hydrogen-bond acceptors (Lipinski definition) is 4. The van der Waals surface area contributed by atoms with Crippen LogP contribution in [0.2, 0.25) is 0 Å². The van der Waals surface area contributed by atoms with Gasteiger partial charge >= 0.3 is 6.09 Å². The fourth-order valence-corrected chi connectivity index (χ4v) is 4.66. The van der Waals surface area contributed by atoms with Gasteiger partial charge in [-0.15, -0.1) is 0 Å². The van der Waals surface area contributed by atoms with Gasteiger partial charge in [-0.05, 0) is 56.7 Å². The Morgan fingerprint density at radius 3 is 2.36 bits per heavy atom. The van der Waals surface area contributed by atoms with Crippen molar-refractivity contribution < 1.29 is 14.3 Å². The van der Waals surface area contributed by atoms with Gasteiger partial charge in [-0.3, -0.25) is 4.79 Å². The molecule has 0 unspecified atom stereocenters. The molecule has 2 amide bonds. The SMILES string of the molecule is Cn1c(-c2cc3ccccc3n2Cc2ccccc2)nc2cc(C(=O)NCCNC(=O)OC(C)(C)C)ccc21. The van der Waals surface area contributed by atoms with Crippen LogP contribution in [0.5, 0.6) is 0 Å². The van der Waals surface area contributed by atoms with Crippen molar-refractivity contribution in [3.63, 3.8) is 0 Å². The van der Waals surface area contributed by atoms with E-state index >= 15 is 0 Å². The van der Waals surface area contributed by atoms with E-state index in [1.54, 1.807) is 32.9 Å². The number of alkyl carbamates (subject to hydrolysis) is 1. The topological polar surface area (TPSA) is 90.2 Å². The maximum absolute atomic E-state index is 12.8. The second-order valence-electron chi connectivity index (χ2n) is 10.5. The molecule has 0 radical (unpaired) electrons. The molecule has 0 saturated carbocycles. The van der Waals surface area contributed by atoms with Gasteiger partial charge in [-0.1, -0.05) is 48.5 Å². The number of rotatable bonds is 7. The van der Waals surface area contributed by atoms with Crippen molar-refractivity contribution in [3.05, 3.63) is 90.0 Å². The van der Waals surface area contributed by atoms with Crippen LogP contribution in [0, 0.1) is 0 Å². The molecule has 0 bridgehead atoms. The van der Waals surface area contributed by atoms with Gasteiger partial charge in [-0.2, -0.15) is 0 Å². The van der Waals surface area contributed by atoms with Crippen molar-refractivity contribution in [3.8, 4) is 11.5 Å². The number of benzene rings is 3. The van der Waals surface area contributed by atoms with Crippen LogP contribution in [0.3, 0.4) is 0 Å². The minimum atomic E-state index is -0.569. The van der Waals surface area contributed by atoms with Crippen LogP contribution >= 0.6 is 0 Å². The first-order valence-electron chi connectivity index (χ1n) is 13.0. The molecule has 0 aliphatic rings. The predicted molar refractivity (Wildman–Crippen MR) is 154 cm³/mol. The highest BCUT2D eigenvalue weighted by molar-refractivity contribution is 5.98. The number of carbonyl (C=O) groups is 2. The van der Waals surface area contributed by atoms with E-state index in [1.807, 2.05) is 25.2 Å². The first-order valence-corrected chi connectivity index (χ1v) is 13.0. The van der Waals surface area contributed by atoms with E-state index in [1.165, 1.54) is 5.56 Å². The number of carbonyl (C=O) groups excluding carboxylic acids is 2. The molecule has 0 aliphatic heterocycles. The first kappa shape index (κ1) is 26.0. The molecule has 39 heavy (non-hydrogen) atoms. The second-order valence-corrected chi connectivity index (χ2v) is 10.5. The average Bonchev–Trinajstić information content (AvgIpc) is 3.43. The lowest BCUT2D eigenvalue weighted by molar-refractivity contribution is 0.0526. The molecule has 200 valence electrons. The Morgan fingerprint density at radius 2 is 1.59 bits per heavy atom. The van der Waals surface area contributed by atoms with E-state index in [0.717, 1.165) is 40.0 Å². The average molecular weight is 524 g/mol. The number of nitrogens with zero attached hydrogens (tertiary/aromatic N) is 3. The Bertz CT molecular complexity index is 1640. The zero-order valence-electron chi connectivity index (χ0n) is 22.7. The third kappa shape index (κ3) is 5.80. The minimum absolute atomic E-state index is 0.228. The zero-order chi connectivity index (χ0) is 27.6. The smallest absolute Gasteiger partial charge is 0.407 e. The summed E-state index contributed by atoms with van der Waals surface area (Å²) in [6.07, 6.45) is -0.510. The lowest BCUT2D eigenvalue weighted by atomic mass is 10.2. The highest BCUT2D eigenvalue weighted by atomic mass is 16.6. The Labute approximate surface area is 227 Å². The summed E-state index contributed by atoms with van der Waals surface area (Å²) in [6, 6.07) is 26.4. The molecule has 3 aromatic carbocycles. The molecule has 2 heterocycles. The van der Waals surface area contributed by atoms with Gasteiger partial charge < -0.3 is 24.5 Å². The molecule has 8 heteroatoms. The monoisotopic (exact) mass is 523 g/mol. The Balaban J connectivity index is 1.38. The molecule has 5 rings (SSSR count). The minimum Gasteiger partial charge on any atom is -0.444 e. The van der Waals surface area contributed by atoms with Crippen LogP contribution in [0.1, 0.15) is 36.7 Å². The third-order valence-corrected chi connectivity index (χ3v) is 6.44. The lowest BCUT2D eigenvalue weighted by Crippen LogP contribution is -2.37. The Kier molecular flexibility index (Phi) is 7.11. The van der Waals surface area contributed by atoms with Crippen LogP contribution < -0.4 is 10.6 Å². The van der Waals surface area contributed by atoms with Gasteiger partial charge in [0.2, 0.25) is 0 Å². The molecule has 5 aromatic rings. The van der Waals surface area contributed by atoms with Gasteiger partial charge in [-0.25, -0.2) is 9.78 Å². The summed E-state index contributed by atoms with van der Waals surface area (Å²) in [5, 5.41) is 6.63. The number of aromatic nitrogens is 3. The normalized spacial score (nSPS) is 11.6. The van der Waals surface area contributed by atoms with Crippen LogP contribution in [-0.2, 0) is 18.3 Å². The maximum atomic E-state index is 12.8. The van der Waals surface area contributed by atoms with Gasteiger partial charge in [0, 0.05) is 43.1 Å². The molecule has 0 atom stereocenters. The Hall–Kier alpha value is -4.59. The van der Waals surface area contributed by atoms with Crippen molar-refractivity contribution in [2.75, 3.05) is 13.1 Å². The fraction of sp³-hybridized carbons (Fsp3) is 0.258. The standard InChI is InChI=1S/C31H33N5O3/c1-31(2,3)39-30(38)33-17-16-32-29(37)23-14-15-26-24(18-23)34-28(35(26)4)27-19-22-12-8-9-13-25(22)36(27)20-21-10-6-5-7-11-21/h5-15,18-19H,16-17,20H2,1-4H3,(H,32,37)(H,33,38). The fourth-order valence-electron chi connectivity index (χ4n) is 4.66. The number of para-hydroxylation sites is 1. The van der Waals surface area contributed by atoms with E-state index < -0.39 is 11.7 Å². The molecule has 8 nitrogen and oxygen atoms in total. The number of hydrogen-bond donors (Lipinski definition) is 2. The summed E-state index contributed by atoms with van der Waals surface area (Å²) in [4.78, 5) is 29.6. The summed E-state index contributed by atoms with van der Waals surface area (Å²) >= 11 is 0. The number of fused-ring (bicyclic) bond motifs is 2. The number of aryl methyl sites for hydroxylation is 1. The second kappa shape index (κ2) is 10.6. The number of ether oxygens (including phenoxy) is 1. The van der Waals surface area contributed by atoms with Crippen molar-refractivity contribution >= 4 is 33.9 Å². The van der Waals surface area contributed by atoms with Gasteiger partial charge in [0.15, 0.2) is 5.82 Å². The molecule has 2 aromatic heterocycles. The van der Waals surface area contributed by atoms with Crippen LogP contribution in [0.25, 0.3) is 33.5 Å². The van der Waals surface area contributed by atoms with Gasteiger partial charge in [0.25, 0.3) is 5.91 Å². The number of nitrogens with one attached hydrogen (secondary N) is 2. The molecule has 0 saturated heterocycles. The van der Waals surface area contributed by atoms with Crippen LogP contribution in [0.15, 0.2) is 78.9 Å². The summed E-state index contributed by atoms with van der Waals surface area (Å²) in [5.41, 5.74) is 4.98. The largest absolute Gasteiger partial charge is 0.444 e. The van der Waals surface area contributed by atoms with E-state index in [9.17, 15) is 9.59 Å². The molecule has 0 spiro atoms. The van der Waals surface area contributed by atoms with Crippen LogP contribution in [-0.4, -0.2) is 44.8 Å². The predicted octanol–water partition coefficient (Wildman–Crippen LogP) is 5.50. The number of amides is 2. The van der Waals surface area contributed by atoms with Crippen molar-refractivity contribution in [2.45, 2.75) is 32.9 Å². The van der Waals surface area contributed by atoms with Crippen molar-refractivity contribution in [2.24, 2.45) is 7.05 Å². The van der Waals surface area contributed by atoms with Crippen LogP contribution in [0.4, 0.5) is 4.79 Å². The summed E-state index contributed by atoms with van der Waals surface area (Å²) in [6.45, 7) is 6.67. The van der Waals surface area contributed by atoms with E-state index in [0.29, 0.717) is 5.56 Å². The summed E-state index contributed by atoms with van der Waals surface area (Å²) in [5.74, 6) is 0.601. The van der Waals surface area contributed by atoms with E-state index in [2.05, 4.69) is 68.3 Å². The highest BCUT2D eigenvalue weighted by Gasteiger charge is 2.19. The molecular formula is C31H33N5O3. The zero-order valence-corrected chi connectivity index (χ0v) is 22.7. The maximum Gasteiger partial charge on any atom is 0.407 e. The van der Waals surface area contributed by atoms with Gasteiger partial charge in [0.05, 0.1) is 16.7 Å². The third-order valence-electron chi connectivity index (χ3n) is 6.44. The first-order chi connectivity index (χ1) is 18.7. The number of imidazole rings is 1. The quantitative estimate of drug-likeness (QED) is 0.276. The summed E-state index contributed by atoms with van der Waals surface area (Å²) in [7, 11) is 2.00. The van der Waals surface area contributed by atoms with E-state index in [-0.39, 0.29) is 19.0 Å².